The molecule has 108 valence electrons. The molecule has 1 fully saturated rings. The molecule has 3 nitrogen and oxygen atoms in total. The van der Waals surface area contributed by atoms with E-state index < -0.39 is 0 Å². The molecule has 0 spiro atoms. The maximum absolute atomic E-state index is 14.4. The number of anilines is 1. The fourth-order valence-electron chi connectivity index (χ4n) is 2.93. The maximum Gasteiger partial charge on any atom is 0.168 e. The summed E-state index contributed by atoms with van der Waals surface area (Å²) in [6, 6.07) is 7.44. The smallest absolute Gasteiger partial charge is 0.168 e. The molecule has 21 heavy (non-hydrogen) atoms. The molecule has 2 aromatic rings. The normalized spacial score (nSPS) is 17.4. The zero-order valence-electron chi connectivity index (χ0n) is 11.7. The summed E-state index contributed by atoms with van der Waals surface area (Å²) >= 11 is 0. The maximum atomic E-state index is 14.4. The minimum atomic E-state index is -0.176. The summed E-state index contributed by atoms with van der Waals surface area (Å²) in [6.45, 7) is 1.37. The van der Waals surface area contributed by atoms with Crippen LogP contribution in [0.3, 0.4) is 0 Å². The van der Waals surface area contributed by atoms with Crippen LogP contribution in [0.1, 0.15) is 30.7 Å². The third-order valence-corrected chi connectivity index (χ3v) is 4.39. The number of hydrogen-bond donors (Lipinski definition) is 1. The lowest BCUT2D eigenvalue weighted by Gasteiger charge is -2.26. The first kappa shape index (κ1) is 12.6. The summed E-state index contributed by atoms with van der Waals surface area (Å²) in [4.78, 5) is 4.32. The van der Waals surface area contributed by atoms with E-state index >= 15 is 0 Å². The second-order valence-electron chi connectivity index (χ2n) is 5.71. The molecule has 1 saturated carbocycles. The summed E-state index contributed by atoms with van der Waals surface area (Å²) in [5.74, 6) is 1.80. The molecule has 1 aliphatic heterocycles. The number of rotatable bonds is 2. The van der Waals surface area contributed by atoms with Crippen molar-refractivity contribution >= 4 is 5.82 Å². The standard InChI is InChI=1S/C17H17FN2O/c18-15-8-12(11-2-1-3-11)4-5-14(15)13-9-16-17(20-10-13)19-6-7-21-16/h4-5,8-11H,1-3,6-7H2,(H,19,20). The van der Waals surface area contributed by atoms with E-state index in [0.717, 1.165) is 23.5 Å². The van der Waals surface area contributed by atoms with Crippen LogP contribution in [0.5, 0.6) is 5.75 Å². The highest BCUT2D eigenvalue weighted by Gasteiger charge is 2.21. The molecular weight excluding hydrogens is 267 g/mol. The van der Waals surface area contributed by atoms with E-state index in [2.05, 4.69) is 10.3 Å². The molecule has 4 heteroatoms. The first-order valence-corrected chi connectivity index (χ1v) is 7.48. The number of benzene rings is 1. The van der Waals surface area contributed by atoms with Crippen molar-refractivity contribution in [2.45, 2.75) is 25.2 Å². The van der Waals surface area contributed by atoms with Gasteiger partial charge in [-0.3, -0.25) is 0 Å². The Morgan fingerprint density at radius 3 is 2.90 bits per heavy atom. The molecule has 1 aromatic carbocycles. The van der Waals surface area contributed by atoms with E-state index in [0.29, 0.717) is 23.8 Å². The van der Waals surface area contributed by atoms with Gasteiger partial charge < -0.3 is 10.1 Å². The number of ether oxygens (including phenoxy) is 1. The molecule has 2 aliphatic rings. The SMILES string of the molecule is Fc1cc(C2CCC2)ccc1-c1cnc2c(c1)OCCN2. The van der Waals surface area contributed by atoms with Crippen molar-refractivity contribution in [1.82, 2.24) is 4.98 Å². The van der Waals surface area contributed by atoms with Crippen LogP contribution >= 0.6 is 0 Å². The molecule has 4 rings (SSSR count). The highest BCUT2D eigenvalue weighted by Crippen LogP contribution is 2.38. The van der Waals surface area contributed by atoms with Crippen LogP contribution in [0, 0.1) is 5.82 Å². The molecule has 1 aromatic heterocycles. The average Bonchev–Trinajstić information content (AvgIpc) is 2.45. The highest BCUT2D eigenvalue weighted by molar-refractivity contribution is 5.69. The quantitative estimate of drug-likeness (QED) is 0.906. The third kappa shape index (κ3) is 2.24. The minimum Gasteiger partial charge on any atom is -0.488 e. The van der Waals surface area contributed by atoms with Crippen molar-refractivity contribution in [2.75, 3.05) is 18.5 Å². The number of nitrogens with zero attached hydrogens (tertiary/aromatic N) is 1. The average molecular weight is 284 g/mol. The second kappa shape index (κ2) is 5.02. The van der Waals surface area contributed by atoms with Gasteiger partial charge in [-0.15, -0.1) is 0 Å². The summed E-state index contributed by atoms with van der Waals surface area (Å²) in [6.07, 6.45) is 5.31. The van der Waals surface area contributed by atoms with Gasteiger partial charge >= 0.3 is 0 Å². The summed E-state index contributed by atoms with van der Waals surface area (Å²) in [5, 5.41) is 3.17. The van der Waals surface area contributed by atoms with Crippen molar-refractivity contribution in [1.29, 1.82) is 0 Å². The van der Waals surface area contributed by atoms with E-state index in [1.807, 2.05) is 18.2 Å². The lowest BCUT2D eigenvalue weighted by molar-refractivity contribution is 0.321. The zero-order valence-corrected chi connectivity index (χ0v) is 11.7. The van der Waals surface area contributed by atoms with Crippen molar-refractivity contribution in [3.8, 4) is 16.9 Å². The number of fused-ring (bicyclic) bond motifs is 1. The molecule has 1 aliphatic carbocycles. The van der Waals surface area contributed by atoms with Gasteiger partial charge in [0.15, 0.2) is 11.6 Å². The molecule has 0 unspecified atom stereocenters. The fraction of sp³-hybridized carbons (Fsp3) is 0.353. The molecule has 0 atom stereocenters. The van der Waals surface area contributed by atoms with Crippen molar-refractivity contribution in [3.63, 3.8) is 0 Å². The Hall–Kier alpha value is -2.10. The van der Waals surface area contributed by atoms with Gasteiger partial charge in [0.05, 0.1) is 6.54 Å². The first-order valence-electron chi connectivity index (χ1n) is 7.48. The van der Waals surface area contributed by atoms with Gasteiger partial charge in [0.25, 0.3) is 0 Å². The van der Waals surface area contributed by atoms with Crippen LogP contribution in [0.15, 0.2) is 30.5 Å². The zero-order chi connectivity index (χ0) is 14.2. The Morgan fingerprint density at radius 1 is 1.24 bits per heavy atom. The summed E-state index contributed by atoms with van der Waals surface area (Å²) in [5.41, 5.74) is 2.46. The Bertz CT molecular complexity index is 682. The second-order valence-corrected chi connectivity index (χ2v) is 5.71. The monoisotopic (exact) mass is 284 g/mol. The molecule has 0 amide bonds. The van der Waals surface area contributed by atoms with Crippen LogP contribution in [0.2, 0.25) is 0 Å². The van der Waals surface area contributed by atoms with Crippen LogP contribution in [0.4, 0.5) is 10.2 Å². The van der Waals surface area contributed by atoms with E-state index in [9.17, 15) is 4.39 Å². The van der Waals surface area contributed by atoms with E-state index in [1.54, 1.807) is 12.3 Å². The van der Waals surface area contributed by atoms with E-state index in [-0.39, 0.29) is 5.82 Å². The minimum absolute atomic E-state index is 0.176. The first-order chi connectivity index (χ1) is 10.3. The number of nitrogens with one attached hydrogen (secondary N) is 1. The van der Waals surface area contributed by atoms with Gasteiger partial charge in [0.2, 0.25) is 0 Å². The molecule has 0 bridgehead atoms. The van der Waals surface area contributed by atoms with Gasteiger partial charge in [-0.25, -0.2) is 9.37 Å². The molecule has 2 heterocycles. The van der Waals surface area contributed by atoms with Crippen LogP contribution in [0.25, 0.3) is 11.1 Å². The highest BCUT2D eigenvalue weighted by atomic mass is 19.1. The lowest BCUT2D eigenvalue weighted by Crippen LogP contribution is -2.18. The summed E-state index contributed by atoms with van der Waals surface area (Å²) in [7, 11) is 0. The Balaban J connectivity index is 1.69. The van der Waals surface area contributed by atoms with Crippen LogP contribution < -0.4 is 10.1 Å². The lowest BCUT2D eigenvalue weighted by atomic mass is 9.80. The van der Waals surface area contributed by atoms with Crippen molar-refractivity contribution in [2.24, 2.45) is 0 Å². The number of aromatic nitrogens is 1. The topological polar surface area (TPSA) is 34.1 Å². The molecule has 1 N–H and O–H groups in total. The number of pyridine rings is 1. The van der Waals surface area contributed by atoms with Crippen LogP contribution in [-0.2, 0) is 0 Å². The summed E-state index contributed by atoms with van der Waals surface area (Å²) < 4.78 is 20.0. The van der Waals surface area contributed by atoms with Gasteiger partial charge in [-0.2, -0.15) is 0 Å². The number of halogens is 1. The van der Waals surface area contributed by atoms with E-state index in [4.69, 9.17) is 4.74 Å². The van der Waals surface area contributed by atoms with Crippen molar-refractivity contribution in [3.05, 3.63) is 41.8 Å². The third-order valence-electron chi connectivity index (χ3n) is 4.39. The molecule has 0 saturated heterocycles. The number of hydrogen-bond acceptors (Lipinski definition) is 3. The molecular formula is C17H17FN2O. The van der Waals surface area contributed by atoms with Gasteiger partial charge in [0, 0.05) is 17.3 Å². The molecule has 0 radical (unpaired) electrons. The predicted molar refractivity (Wildman–Crippen MR) is 80.2 cm³/mol. The van der Waals surface area contributed by atoms with Crippen LogP contribution in [-0.4, -0.2) is 18.1 Å². The largest absolute Gasteiger partial charge is 0.488 e. The van der Waals surface area contributed by atoms with E-state index in [1.165, 1.54) is 19.3 Å². The Morgan fingerprint density at radius 2 is 2.14 bits per heavy atom. The van der Waals surface area contributed by atoms with Gasteiger partial charge in [-0.1, -0.05) is 18.6 Å². The van der Waals surface area contributed by atoms with Crippen molar-refractivity contribution < 1.29 is 9.13 Å². The fourth-order valence-corrected chi connectivity index (χ4v) is 2.93. The predicted octanol–water partition coefficient (Wildman–Crippen LogP) is 3.96. The van der Waals surface area contributed by atoms with Gasteiger partial charge in [0.1, 0.15) is 12.4 Å². The van der Waals surface area contributed by atoms with Gasteiger partial charge in [-0.05, 0) is 36.5 Å². The Kier molecular flexibility index (Phi) is 3.02. The Labute approximate surface area is 123 Å².